The summed E-state index contributed by atoms with van der Waals surface area (Å²) in [6, 6.07) is 5.06. The number of fused-ring (bicyclic) bond motifs is 9. The first-order valence-corrected chi connectivity index (χ1v) is 12.2. The number of carboxylic acid groups (broad SMARTS) is 1. The number of amides is 2. The minimum absolute atomic E-state index is 0.00694. The molecule has 32 heavy (non-hydrogen) atoms. The highest BCUT2D eigenvalue weighted by Crippen LogP contribution is 2.68. The van der Waals surface area contributed by atoms with Crippen molar-refractivity contribution in [3.05, 3.63) is 50.2 Å². The third-order valence-corrected chi connectivity index (χ3v) is 10.3. The van der Waals surface area contributed by atoms with E-state index in [4.69, 9.17) is 0 Å². The fourth-order valence-electron chi connectivity index (χ4n) is 6.58. The predicted molar refractivity (Wildman–Crippen MR) is 114 cm³/mol. The smallest absolute Gasteiger partial charge is 0.326 e. The number of imide groups is 1. The molecule has 2 N–H and O–H groups in total. The molecule has 3 heterocycles. The first-order chi connectivity index (χ1) is 15.3. The van der Waals surface area contributed by atoms with Crippen molar-refractivity contribution in [3.63, 3.8) is 0 Å². The van der Waals surface area contributed by atoms with Crippen LogP contribution in [0.2, 0.25) is 0 Å². The predicted octanol–water partition coefficient (Wildman–Crippen LogP) is 2.52. The lowest BCUT2D eigenvalue weighted by Gasteiger charge is -2.43. The normalized spacial score (nSPS) is 35.6. The number of H-pyrrole nitrogens is 1. The Morgan fingerprint density at radius 2 is 1.81 bits per heavy atom. The van der Waals surface area contributed by atoms with Crippen LogP contribution in [0.3, 0.4) is 0 Å². The minimum Gasteiger partial charge on any atom is -0.480 e. The molecule has 1 aromatic carbocycles. The van der Waals surface area contributed by atoms with Crippen LogP contribution in [0.5, 0.6) is 0 Å². The number of aromatic amines is 1. The topological polar surface area (TPSA) is 108 Å². The van der Waals surface area contributed by atoms with Gasteiger partial charge in [-0.05, 0) is 48.8 Å². The Balaban J connectivity index is 1.45. The number of hydrogen-bond acceptors (Lipinski definition) is 6. The second-order valence-electron chi connectivity index (χ2n) is 9.07. The molecule has 1 aromatic heterocycles. The molecule has 0 radical (unpaired) electrons. The van der Waals surface area contributed by atoms with Crippen molar-refractivity contribution >= 4 is 40.9 Å². The van der Waals surface area contributed by atoms with E-state index >= 15 is 0 Å². The molecule has 4 aliphatic rings. The van der Waals surface area contributed by atoms with Crippen LogP contribution in [0, 0.1) is 35.4 Å². The van der Waals surface area contributed by atoms with Gasteiger partial charge in [0.2, 0.25) is 11.8 Å². The molecular formula is C22H19FN2O5S2. The molecule has 7 nitrogen and oxygen atoms in total. The maximum absolute atomic E-state index is 13.6. The summed E-state index contributed by atoms with van der Waals surface area (Å²) in [6.07, 6.45) is 0.724. The molecule has 2 aliphatic carbocycles. The standard InChI is InChI=1S/C22H19FN2O5S2/c1-7(21(28)29)25-19(26)14-10-6-11(15(14)20(25)27)16-13(10)12(8-2-4-9(23)5-3-8)17-18(31-16)24-22(30)32-17/h2-5,7,10-16H,6H2,1H3,(H,24,30)(H,28,29)/t7-,10-,11-,12-,13-,14+,15-,16+/m1/s1. The van der Waals surface area contributed by atoms with Crippen LogP contribution in [0.4, 0.5) is 4.39 Å². The Labute approximate surface area is 190 Å². The van der Waals surface area contributed by atoms with Crippen LogP contribution in [0.25, 0.3) is 0 Å². The second kappa shape index (κ2) is 6.77. The average molecular weight is 475 g/mol. The van der Waals surface area contributed by atoms with Crippen molar-refractivity contribution in [2.24, 2.45) is 29.6 Å². The third kappa shape index (κ3) is 2.53. The zero-order chi connectivity index (χ0) is 22.5. The number of carbonyl (C=O) groups excluding carboxylic acids is 2. The number of aliphatic carboxylic acids is 1. The highest BCUT2D eigenvalue weighted by atomic mass is 32.2. The molecule has 3 fully saturated rings. The van der Waals surface area contributed by atoms with Gasteiger partial charge in [0.15, 0.2) is 0 Å². The van der Waals surface area contributed by atoms with E-state index in [-0.39, 0.29) is 45.5 Å². The number of aromatic nitrogens is 1. The molecule has 2 amide bonds. The molecule has 0 unspecified atom stereocenters. The van der Waals surface area contributed by atoms with E-state index in [1.54, 1.807) is 23.9 Å². The molecular weight excluding hydrogens is 455 g/mol. The van der Waals surface area contributed by atoms with E-state index in [9.17, 15) is 28.7 Å². The highest BCUT2D eigenvalue weighted by molar-refractivity contribution is 8.00. The number of rotatable bonds is 3. The fraction of sp³-hybridized carbons (Fsp3) is 0.455. The summed E-state index contributed by atoms with van der Waals surface area (Å²) in [5.74, 6) is -3.69. The van der Waals surface area contributed by atoms with E-state index in [1.165, 1.54) is 19.1 Å². The van der Waals surface area contributed by atoms with E-state index in [0.717, 1.165) is 38.1 Å². The minimum atomic E-state index is -1.20. The number of carboxylic acids is 1. The van der Waals surface area contributed by atoms with E-state index in [2.05, 4.69) is 4.98 Å². The SMILES string of the molecule is C[C@H](C(=O)O)N1C(=O)[C@@H]2[C@H]3C[C@@H]([C@@H]2C1=O)[C@@H]1[C@@H](c2ccc(F)cc2)c2sc(=O)[nH]c2S[C@@H]31. The summed E-state index contributed by atoms with van der Waals surface area (Å²) in [7, 11) is 0. The zero-order valence-corrected chi connectivity index (χ0v) is 18.5. The number of benzene rings is 1. The summed E-state index contributed by atoms with van der Waals surface area (Å²) in [5.41, 5.74) is 0.884. The van der Waals surface area contributed by atoms with E-state index in [1.807, 2.05) is 0 Å². The number of thiazole rings is 1. The molecule has 1 saturated heterocycles. The first-order valence-electron chi connectivity index (χ1n) is 10.5. The Morgan fingerprint density at radius 1 is 1.16 bits per heavy atom. The zero-order valence-electron chi connectivity index (χ0n) is 16.9. The van der Waals surface area contributed by atoms with Gasteiger partial charge in [0.1, 0.15) is 11.9 Å². The maximum atomic E-state index is 13.6. The summed E-state index contributed by atoms with van der Waals surface area (Å²) >= 11 is 2.71. The highest BCUT2D eigenvalue weighted by Gasteiger charge is 2.70. The number of carbonyl (C=O) groups is 3. The quantitative estimate of drug-likeness (QED) is 0.662. The summed E-state index contributed by atoms with van der Waals surface area (Å²) in [6.45, 7) is 1.37. The van der Waals surface area contributed by atoms with Crippen LogP contribution in [0.15, 0.2) is 34.1 Å². The fourth-order valence-corrected chi connectivity index (χ4v) is 9.46. The van der Waals surface area contributed by atoms with Crippen molar-refractivity contribution in [1.82, 2.24) is 9.88 Å². The number of nitrogens with zero attached hydrogens (tertiary/aromatic N) is 1. The molecule has 6 rings (SSSR count). The maximum Gasteiger partial charge on any atom is 0.326 e. The van der Waals surface area contributed by atoms with Gasteiger partial charge >= 0.3 is 10.8 Å². The molecule has 0 spiro atoms. The summed E-state index contributed by atoms with van der Waals surface area (Å²) in [5, 5.41) is 10.2. The Morgan fingerprint density at radius 3 is 2.47 bits per heavy atom. The first kappa shape index (κ1) is 20.2. The van der Waals surface area contributed by atoms with Gasteiger partial charge in [0, 0.05) is 16.0 Å². The van der Waals surface area contributed by atoms with Gasteiger partial charge in [-0.3, -0.25) is 19.3 Å². The van der Waals surface area contributed by atoms with Gasteiger partial charge in [-0.1, -0.05) is 23.5 Å². The lowest BCUT2D eigenvalue weighted by atomic mass is 9.68. The van der Waals surface area contributed by atoms with Gasteiger partial charge in [-0.25, -0.2) is 9.18 Å². The van der Waals surface area contributed by atoms with Crippen molar-refractivity contribution < 1.29 is 23.9 Å². The van der Waals surface area contributed by atoms with Crippen LogP contribution >= 0.6 is 23.1 Å². The Bertz CT molecular complexity index is 1220. The van der Waals surface area contributed by atoms with Crippen LogP contribution in [0.1, 0.15) is 29.7 Å². The summed E-state index contributed by atoms with van der Waals surface area (Å²) in [4.78, 5) is 54.8. The van der Waals surface area contributed by atoms with Gasteiger partial charge in [-0.15, -0.1) is 11.8 Å². The second-order valence-corrected chi connectivity index (χ2v) is 11.3. The number of thioether (sulfide) groups is 1. The van der Waals surface area contributed by atoms with Crippen molar-refractivity contribution in [2.45, 2.75) is 35.6 Å². The van der Waals surface area contributed by atoms with E-state index in [0.29, 0.717) is 0 Å². The Hall–Kier alpha value is -2.46. The van der Waals surface area contributed by atoms with Gasteiger partial charge < -0.3 is 10.1 Å². The molecule has 8 atom stereocenters. The largest absolute Gasteiger partial charge is 0.480 e. The van der Waals surface area contributed by atoms with Crippen LogP contribution in [-0.4, -0.2) is 44.1 Å². The van der Waals surface area contributed by atoms with Crippen LogP contribution < -0.4 is 4.87 Å². The molecule has 2 aliphatic heterocycles. The van der Waals surface area contributed by atoms with Gasteiger partial charge in [-0.2, -0.15) is 0 Å². The molecule has 2 aromatic rings. The summed E-state index contributed by atoms with van der Waals surface area (Å²) < 4.78 is 13.6. The number of hydrogen-bond donors (Lipinski definition) is 2. The third-order valence-electron chi connectivity index (χ3n) is 7.73. The molecule has 2 bridgehead atoms. The van der Waals surface area contributed by atoms with Gasteiger partial charge in [0.05, 0.1) is 16.9 Å². The number of halogens is 1. The molecule has 2 saturated carbocycles. The monoisotopic (exact) mass is 474 g/mol. The average Bonchev–Trinajstić information content (AvgIpc) is 3.47. The number of likely N-dealkylation sites (tertiary alicyclic amines) is 1. The lowest BCUT2D eigenvalue weighted by Crippen LogP contribution is -2.44. The molecule has 166 valence electrons. The van der Waals surface area contributed by atoms with Crippen molar-refractivity contribution in [1.29, 1.82) is 0 Å². The Kier molecular flexibility index (Phi) is 4.27. The molecule has 10 heteroatoms. The lowest BCUT2D eigenvalue weighted by molar-refractivity contribution is -0.154. The van der Waals surface area contributed by atoms with Crippen LogP contribution in [-0.2, 0) is 14.4 Å². The van der Waals surface area contributed by atoms with E-state index < -0.39 is 29.8 Å². The van der Waals surface area contributed by atoms with Crippen molar-refractivity contribution in [2.75, 3.05) is 0 Å². The van der Waals surface area contributed by atoms with Crippen molar-refractivity contribution in [3.8, 4) is 0 Å². The number of nitrogens with one attached hydrogen (secondary N) is 1. The van der Waals surface area contributed by atoms with Gasteiger partial charge in [0.25, 0.3) is 0 Å².